The Morgan fingerprint density at radius 1 is 1.03 bits per heavy atom. The van der Waals surface area contributed by atoms with Crippen molar-refractivity contribution in [1.82, 2.24) is 15.5 Å². The fraction of sp³-hybridized carbons (Fsp3) is 0.440. The van der Waals surface area contributed by atoms with Gasteiger partial charge in [0.1, 0.15) is 11.5 Å². The summed E-state index contributed by atoms with van der Waals surface area (Å²) in [6, 6.07) is 12.0. The molecule has 0 unspecified atom stereocenters. The molecule has 1 aliphatic heterocycles. The summed E-state index contributed by atoms with van der Waals surface area (Å²) in [7, 11) is 3.37. The van der Waals surface area contributed by atoms with Crippen molar-refractivity contribution in [2.75, 3.05) is 14.1 Å². The van der Waals surface area contributed by atoms with Gasteiger partial charge in [-0.2, -0.15) is 0 Å². The summed E-state index contributed by atoms with van der Waals surface area (Å²) in [4.78, 5) is 26.8. The number of hydrogen-bond donors (Lipinski definition) is 2. The molecule has 3 rings (SSSR count). The largest absolute Gasteiger partial charge is 0.455 e. The van der Waals surface area contributed by atoms with Crippen molar-refractivity contribution in [2.45, 2.75) is 57.7 Å². The molecule has 0 aromatic heterocycles. The van der Waals surface area contributed by atoms with Crippen LogP contribution < -0.4 is 15.4 Å². The maximum Gasteiger partial charge on any atom is 0.257 e. The van der Waals surface area contributed by atoms with Crippen LogP contribution in [0.1, 0.15) is 61.3 Å². The lowest BCUT2D eigenvalue weighted by atomic mass is 9.79. The second-order valence-electron chi connectivity index (χ2n) is 9.91. The van der Waals surface area contributed by atoms with Crippen molar-refractivity contribution in [2.24, 2.45) is 0 Å². The van der Waals surface area contributed by atoms with Crippen molar-refractivity contribution in [3.8, 4) is 11.5 Å². The van der Waals surface area contributed by atoms with Gasteiger partial charge in [0, 0.05) is 36.8 Å². The quantitative estimate of drug-likeness (QED) is 0.671. The highest BCUT2D eigenvalue weighted by atomic mass is 35.5. The van der Waals surface area contributed by atoms with Gasteiger partial charge in [-0.1, -0.05) is 23.7 Å². The second kappa shape index (κ2) is 9.12. The highest BCUT2D eigenvalue weighted by Gasteiger charge is 2.38. The van der Waals surface area contributed by atoms with Gasteiger partial charge < -0.3 is 20.3 Å². The summed E-state index contributed by atoms with van der Waals surface area (Å²) in [5.74, 6) is 0.455. The van der Waals surface area contributed by atoms with Gasteiger partial charge in [-0.15, -0.1) is 0 Å². The van der Waals surface area contributed by atoms with Gasteiger partial charge in [0.15, 0.2) is 0 Å². The van der Waals surface area contributed by atoms with Gasteiger partial charge in [0.2, 0.25) is 0 Å². The number of rotatable bonds is 5. The zero-order valence-corrected chi connectivity index (χ0v) is 20.3. The molecule has 2 aromatic rings. The van der Waals surface area contributed by atoms with Gasteiger partial charge in [-0.25, -0.2) is 0 Å². The summed E-state index contributed by atoms with van der Waals surface area (Å²) in [6.45, 7) is 8.59. The minimum Gasteiger partial charge on any atom is -0.455 e. The number of amides is 2. The van der Waals surface area contributed by atoms with Gasteiger partial charge in [0.25, 0.3) is 11.8 Å². The summed E-state index contributed by atoms with van der Waals surface area (Å²) < 4.78 is 5.93. The number of nitrogens with zero attached hydrogens (tertiary/aromatic N) is 1. The average Bonchev–Trinajstić information content (AvgIpc) is 2.66. The fourth-order valence-corrected chi connectivity index (χ4v) is 4.73. The zero-order valence-electron chi connectivity index (χ0n) is 19.6. The molecule has 32 heavy (non-hydrogen) atoms. The molecule has 172 valence electrons. The van der Waals surface area contributed by atoms with E-state index in [4.69, 9.17) is 16.3 Å². The molecule has 0 spiro atoms. The summed E-state index contributed by atoms with van der Waals surface area (Å²) in [5, 5.41) is 7.07. The van der Waals surface area contributed by atoms with Gasteiger partial charge in [-0.3, -0.25) is 9.59 Å². The Morgan fingerprint density at radius 2 is 1.66 bits per heavy atom. The highest BCUT2D eigenvalue weighted by Crippen LogP contribution is 2.33. The van der Waals surface area contributed by atoms with E-state index in [9.17, 15) is 9.59 Å². The molecule has 0 atom stereocenters. The Labute approximate surface area is 195 Å². The molecular formula is C25H32ClN3O3. The van der Waals surface area contributed by atoms with Crippen LogP contribution in [0.15, 0.2) is 42.5 Å². The molecular weight excluding hydrogens is 426 g/mol. The maximum atomic E-state index is 12.9. The number of benzene rings is 2. The van der Waals surface area contributed by atoms with E-state index in [1.54, 1.807) is 56.6 Å². The molecule has 0 aliphatic carbocycles. The third-order valence-corrected chi connectivity index (χ3v) is 5.76. The van der Waals surface area contributed by atoms with Gasteiger partial charge >= 0.3 is 0 Å². The number of hydrogen-bond acceptors (Lipinski definition) is 4. The van der Waals surface area contributed by atoms with E-state index in [-0.39, 0.29) is 28.9 Å². The van der Waals surface area contributed by atoms with E-state index in [0.717, 1.165) is 12.8 Å². The molecule has 2 amide bonds. The predicted molar refractivity (Wildman–Crippen MR) is 128 cm³/mol. The number of para-hydroxylation sites is 1. The first kappa shape index (κ1) is 24.1. The molecule has 0 saturated carbocycles. The number of halogens is 1. The molecule has 7 heteroatoms. The molecule has 2 N–H and O–H groups in total. The minimum absolute atomic E-state index is 0.0624. The van der Waals surface area contributed by atoms with Crippen LogP contribution in [0, 0.1) is 0 Å². The molecule has 2 aromatic carbocycles. The van der Waals surface area contributed by atoms with E-state index in [0.29, 0.717) is 27.6 Å². The Hall–Kier alpha value is -2.57. The molecule has 6 nitrogen and oxygen atoms in total. The van der Waals surface area contributed by atoms with E-state index < -0.39 is 0 Å². The van der Waals surface area contributed by atoms with E-state index in [1.165, 1.54) is 4.90 Å². The smallest absolute Gasteiger partial charge is 0.257 e. The Bertz CT molecular complexity index is 1000. The average molecular weight is 458 g/mol. The lowest BCUT2D eigenvalue weighted by molar-refractivity contribution is 0.0823. The van der Waals surface area contributed by atoms with Crippen LogP contribution in [0.25, 0.3) is 0 Å². The van der Waals surface area contributed by atoms with Crippen LogP contribution in [-0.2, 0) is 0 Å². The number of nitrogens with one attached hydrogen (secondary N) is 2. The fourth-order valence-electron chi connectivity index (χ4n) is 4.51. The van der Waals surface area contributed by atoms with Crippen LogP contribution in [-0.4, -0.2) is 47.9 Å². The van der Waals surface area contributed by atoms with Crippen LogP contribution in [0.5, 0.6) is 11.5 Å². The van der Waals surface area contributed by atoms with Gasteiger partial charge in [0.05, 0.1) is 10.6 Å². The number of carbonyl (C=O) groups is 2. The first-order valence-corrected chi connectivity index (χ1v) is 11.1. The van der Waals surface area contributed by atoms with Crippen molar-refractivity contribution in [1.29, 1.82) is 0 Å². The minimum atomic E-state index is -0.167. The summed E-state index contributed by atoms with van der Waals surface area (Å²) >= 11 is 6.44. The molecule has 1 aliphatic rings. The van der Waals surface area contributed by atoms with Crippen molar-refractivity contribution in [3.63, 3.8) is 0 Å². The SMILES string of the molecule is CN(C)C(=O)c1ccccc1Oc1ccc(C(=O)NC2CC(C)(C)NC(C)(C)C2)cc1Cl. The van der Waals surface area contributed by atoms with Crippen LogP contribution in [0.4, 0.5) is 0 Å². The molecule has 1 fully saturated rings. The standard InChI is InChI=1S/C25H32ClN3O3/c1-24(2)14-17(15-25(3,4)28-24)27-22(30)16-11-12-21(19(26)13-16)32-20-10-8-7-9-18(20)23(31)29(5)6/h7-13,17,28H,14-15H2,1-6H3,(H,27,30). The van der Waals surface area contributed by atoms with E-state index in [1.807, 2.05) is 0 Å². The lowest BCUT2D eigenvalue weighted by Crippen LogP contribution is -2.62. The van der Waals surface area contributed by atoms with Crippen LogP contribution >= 0.6 is 11.6 Å². The van der Waals surface area contributed by atoms with Crippen LogP contribution in [0.2, 0.25) is 5.02 Å². The Balaban J connectivity index is 1.75. The zero-order chi connectivity index (χ0) is 23.7. The number of ether oxygens (including phenoxy) is 1. The van der Waals surface area contributed by atoms with Crippen molar-refractivity contribution < 1.29 is 14.3 Å². The Kier molecular flexibility index (Phi) is 6.86. The summed E-state index contributed by atoms with van der Waals surface area (Å²) in [6.07, 6.45) is 1.68. The maximum absolute atomic E-state index is 12.9. The second-order valence-corrected chi connectivity index (χ2v) is 10.3. The topological polar surface area (TPSA) is 70.7 Å². The predicted octanol–water partition coefficient (Wildman–Crippen LogP) is 4.87. The summed E-state index contributed by atoms with van der Waals surface area (Å²) in [5.41, 5.74) is 0.777. The van der Waals surface area contributed by atoms with Gasteiger partial charge in [-0.05, 0) is 70.9 Å². The highest BCUT2D eigenvalue weighted by molar-refractivity contribution is 6.32. The monoisotopic (exact) mass is 457 g/mol. The number of piperidine rings is 1. The van der Waals surface area contributed by atoms with Crippen LogP contribution in [0.3, 0.4) is 0 Å². The van der Waals surface area contributed by atoms with E-state index >= 15 is 0 Å². The third-order valence-electron chi connectivity index (χ3n) is 5.46. The lowest BCUT2D eigenvalue weighted by Gasteiger charge is -2.46. The van der Waals surface area contributed by atoms with Crippen molar-refractivity contribution >= 4 is 23.4 Å². The third kappa shape index (κ3) is 5.81. The first-order chi connectivity index (χ1) is 14.9. The molecule has 1 heterocycles. The Morgan fingerprint density at radius 3 is 2.25 bits per heavy atom. The normalized spacial score (nSPS) is 17.5. The molecule has 1 saturated heterocycles. The molecule has 0 bridgehead atoms. The van der Waals surface area contributed by atoms with Crippen molar-refractivity contribution in [3.05, 3.63) is 58.6 Å². The number of carbonyl (C=O) groups excluding carboxylic acids is 2. The van der Waals surface area contributed by atoms with E-state index in [2.05, 4.69) is 38.3 Å². The first-order valence-electron chi connectivity index (χ1n) is 10.8. The molecule has 0 radical (unpaired) electrons.